The summed E-state index contributed by atoms with van der Waals surface area (Å²) in [4.78, 5) is 0. The Hall–Kier alpha value is 0.920. The van der Waals surface area contributed by atoms with Crippen molar-refractivity contribution in [2.75, 3.05) is 12.4 Å². The Bertz CT molecular complexity index is 255. The Morgan fingerprint density at radius 3 is 2.65 bits per heavy atom. The maximum Gasteiger partial charge on any atom is 0.247 e. The summed E-state index contributed by atoms with van der Waals surface area (Å²) in [7, 11) is 0. The van der Waals surface area contributed by atoms with Crippen LogP contribution >= 0.6 is 17.1 Å². The normalized spacial score (nSPS) is 33.8. The van der Waals surface area contributed by atoms with Gasteiger partial charge < -0.3 is 9.05 Å². The van der Waals surface area contributed by atoms with Crippen LogP contribution in [0.2, 0.25) is 0 Å². The van der Waals surface area contributed by atoms with E-state index in [9.17, 15) is 0 Å². The lowest BCUT2D eigenvalue weighted by Crippen LogP contribution is -2.30. The van der Waals surface area contributed by atoms with Crippen molar-refractivity contribution in [2.45, 2.75) is 59.0 Å². The van der Waals surface area contributed by atoms with Crippen LogP contribution in [0, 0.1) is 5.92 Å². The quantitative estimate of drug-likeness (QED) is 0.486. The fourth-order valence-corrected chi connectivity index (χ4v) is 6.90. The standard InChI is InChI=1S/C12H25O2PS2/c1-4-7-9-17-15(16)13-10-11(6-3)12(14-15)8-5-2/h11-12H,4-10H2,1-3H3. The summed E-state index contributed by atoms with van der Waals surface area (Å²) in [5, 5.41) is 0. The fraction of sp³-hybridized carbons (Fsp3) is 1.00. The molecule has 1 aliphatic heterocycles. The molecule has 0 N–H and O–H groups in total. The highest BCUT2D eigenvalue weighted by molar-refractivity contribution is 8.67. The van der Waals surface area contributed by atoms with E-state index >= 15 is 0 Å². The monoisotopic (exact) mass is 296 g/mol. The average Bonchev–Trinajstić information content (AvgIpc) is 2.30. The molecule has 0 amide bonds. The van der Waals surface area contributed by atoms with Gasteiger partial charge in [0.15, 0.2) is 0 Å². The first-order chi connectivity index (χ1) is 8.15. The largest absolute Gasteiger partial charge is 0.321 e. The van der Waals surface area contributed by atoms with Gasteiger partial charge in [0.2, 0.25) is 5.69 Å². The van der Waals surface area contributed by atoms with E-state index in [1.807, 2.05) is 0 Å². The van der Waals surface area contributed by atoms with Crippen LogP contribution in [0.3, 0.4) is 0 Å². The zero-order valence-corrected chi connectivity index (χ0v) is 13.7. The van der Waals surface area contributed by atoms with Gasteiger partial charge in [-0.15, -0.1) is 0 Å². The SMILES string of the molecule is CCCCSP1(=S)OCC(CC)C(CCC)O1. The Labute approximate surface area is 115 Å². The summed E-state index contributed by atoms with van der Waals surface area (Å²) < 4.78 is 12.0. The van der Waals surface area contributed by atoms with Crippen LogP contribution in [0.15, 0.2) is 0 Å². The lowest BCUT2D eigenvalue weighted by atomic mass is 9.97. The molecule has 5 heteroatoms. The molecule has 1 aliphatic rings. The molecule has 0 aromatic carbocycles. The Kier molecular flexibility index (Phi) is 7.67. The maximum atomic E-state index is 6.13. The predicted octanol–water partition coefficient (Wildman–Crippen LogP) is 4.99. The van der Waals surface area contributed by atoms with Gasteiger partial charge in [-0.25, -0.2) is 0 Å². The Morgan fingerprint density at radius 2 is 2.06 bits per heavy atom. The van der Waals surface area contributed by atoms with E-state index in [4.69, 9.17) is 20.9 Å². The van der Waals surface area contributed by atoms with Gasteiger partial charge in [0.1, 0.15) is 0 Å². The van der Waals surface area contributed by atoms with E-state index in [0.717, 1.165) is 31.6 Å². The molecule has 0 aromatic heterocycles. The molecule has 0 aliphatic carbocycles. The fourth-order valence-electron chi connectivity index (χ4n) is 1.92. The van der Waals surface area contributed by atoms with Crippen molar-refractivity contribution in [2.24, 2.45) is 5.92 Å². The first-order valence-corrected chi connectivity index (χ1v) is 11.0. The van der Waals surface area contributed by atoms with Crippen LogP contribution < -0.4 is 0 Å². The highest BCUT2D eigenvalue weighted by atomic mass is 32.9. The van der Waals surface area contributed by atoms with Crippen LogP contribution in [0.1, 0.15) is 52.9 Å². The molecule has 17 heavy (non-hydrogen) atoms. The van der Waals surface area contributed by atoms with Crippen LogP contribution in [0.5, 0.6) is 0 Å². The maximum absolute atomic E-state index is 6.13. The van der Waals surface area contributed by atoms with Crippen molar-refractivity contribution in [3.05, 3.63) is 0 Å². The Morgan fingerprint density at radius 1 is 1.29 bits per heavy atom. The lowest BCUT2D eigenvalue weighted by Gasteiger charge is -2.37. The Balaban J connectivity index is 2.50. The van der Waals surface area contributed by atoms with Gasteiger partial charge in [-0.3, -0.25) is 0 Å². The van der Waals surface area contributed by atoms with Crippen LogP contribution in [-0.4, -0.2) is 18.5 Å². The summed E-state index contributed by atoms with van der Waals surface area (Å²) >= 11 is 7.34. The highest BCUT2D eigenvalue weighted by Gasteiger charge is 2.35. The molecule has 3 atom stereocenters. The molecular weight excluding hydrogens is 271 g/mol. The third-order valence-electron chi connectivity index (χ3n) is 3.08. The minimum absolute atomic E-state index is 0.332. The van der Waals surface area contributed by atoms with Crippen molar-refractivity contribution >= 4 is 28.9 Å². The highest BCUT2D eigenvalue weighted by Crippen LogP contribution is 2.65. The van der Waals surface area contributed by atoms with Gasteiger partial charge in [0.05, 0.1) is 12.7 Å². The number of hydrogen-bond donors (Lipinski definition) is 0. The van der Waals surface area contributed by atoms with Crippen molar-refractivity contribution in [3.8, 4) is 0 Å². The van der Waals surface area contributed by atoms with Crippen LogP contribution in [0.25, 0.3) is 0 Å². The van der Waals surface area contributed by atoms with Crippen molar-refractivity contribution in [1.29, 1.82) is 0 Å². The van der Waals surface area contributed by atoms with Gasteiger partial charge >= 0.3 is 0 Å². The van der Waals surface area contributed by atoms with Crippen molar-refractivity contribution in [1.82, 2.24) is 0 Å². The molecule has 1 saturated heterocycles. The van der Waals surface area contributed by atoms with E-state index in [0.29, 0.717) is 12.0 Å². The molecule has 1 fully saturated rings. The number of rotatable bonds is 7. The van der Waals surface area contributed by atoms with E-state index < -0.39 is 5.69 Å². The van der Waals surface area contributed by atoms with Crippen LogP contribution in [0.4, 0.5) is 0 Å². The number of unbranched alkanes of at least 4 members (excludes halogenated alkanes) is 1. The minimum atomic E-state index is -2.03. The van der Waals surface area contributed by atoms with Gasteiger partial charge in [-0.2, -0.15) is 0 Å². The van der Waals surface area contributed by atoms with Crippen molar-refractivity contribution < 1.29 is 9.05 Å². The second kappa shape index (κ2) is 8.16. The van der Waals surface area contributed by atoms with E-state index in [1.165, 1.54) is 12.8 Å². The summed E-state index contributed by atoms with van der Waals surface area (Å²) in [5.41, 5.74) is -2.03. The third kappa shape index (κ3) is 5.20. The molecular formula is C12H25O2PS2. The molecule has 0 aromatic rings. The van der Waals surface area contributed by atoms with Gasteiger partial charge in [0.25, 0.3) is 0 Å². The topological polar surface area (TPSA) is 18.5 Å². The minimum Gasteiger partial charge on any atom is -0.321 e. The second-order valence-electron chi connectivity index (χ2n) is 4.53. The summed E-state index contributed by atoms with van der Waals surface area (Å²) in [6.45, 7) is 7.42. The molecule has 102 valence electrons. The molecule has 1 rings (SSSR count). The zero-order chi connectivity index (χ0) is 12.7. The predicted molar refractivity (Wildman–Crippen MR) is 81.2 cm³/mol. The molecule has 2 nitrogen and oxygen atoms in total. The second-order valence-corrected chi connectivity index (χ2v) is 10.9. The van der Waals surface area contributed by atoms with E-state index in [1.54, 1.807) is 11.4 Å². The first kappa shape index (κ1) is 16.0. The molecule has 0 spiro atoms. The lowest BCUT2D eigenvalue weighted by molar-refractivity contribution is 0.0442. The molecule has 3 unspecified atom stereocenters. The van der Waals surface area contributed by atoms with Gasteiger partial charge in [0, 0.05) is 11.7 Å². The summed E-state index contributed by atoms with van der Waals surface area (Å²) in [6, 6.07) is 0. The summed E-state index contributed by atoms with van der Waals surface area (Å²) in [6.07, 6.45) is 6.15. The van der Waals surface area contributed by atoms with E-state index in [-0.39, 0.29) is 0 Å². The smallest absolute Gasteiger partial charge is 0.247 e. The average molecular weight is 296 g/mol. The van der Waals surface area contributed by atoms with Gasteiger partial charge in [-0.1, -0.05) is 45.0 Å². The van der Waals surface area contributed by atoms with Gasteiger partial charge in [-0.05, 0) is 31.1 Å². The molecule has 0 saturated carbocycles. The molecule has 1 heterocycles. The molecule has 0 bridgehead atoms. The van der Waals surface area contributed by atoms with Crippen LogP contribution in [-0.2, 0) is 20.9 Å². The zero-order valence-electron chi connectivity index (χ0n) is 11.2. The third-order valence-corrected chi connectivity index (χ3v) is 8.46. The van der Waals surface area contributed by atoms with Crippen molar-refractivity contribution in [3.63, 3.8) is 0 Å². The summed E-state index contributed by atoms with van der Waals surface area (Å²) in [5.74, 6) is 1.61. The van der Waals surface area contributed by atoms with E-state index in [2.05, 4.69) is 20.8 Å². The first-order valence-electron chi connectivity index (χ1n) is 6.72. The molecule has 0 radical (unpaired) electrons. The number of hydrogen-bond acceptors (Lipinski definition) is 4.